The number of piperidine rings is 1. The van der Waals surface area contributed by atoms with Gasteiger partial charge in [0.25, 0.3) is 11.8 Å². The van der Waals surface area contributed by atoms with Crippen LogP contribution in [0.2, 0.25) is 0 Å². The highest BCUT2D eigenvalue weighted by Gasteiger charge is 2.35. The van der Waals surface area contributed by atoms with Gasteiger partial charge in [0.1, 0.15) is 6.04 Å². The molecule has 1 heterocycles. The third kappa shape index (κ3) is 4.97. The Morgan fingerprint density at radius 3 is 2.48 bits per heavy atom. The van der Waals surface area contributed by atoms with E-state index in [2.05, 4.69) is 10.6 Å². The Kier molecular flexibility index (Phi) is 6.81. The SMILES string of the molecule is Cc1cc(NC(=O)c2ccc(CCl)cc2)ccc1C(=O)N(C=O)C1CCC(=O)NC1=O. The van der Waals surface area contributed by atoms with Gasteiger partial charge in [-0.05, 0) is 54.8 Å². The Labute approximate surface area is 183 Å². The molecule has 1 saturated heterocycles. The molecule has 0 bridgehead atoms. The molecule has 0 radical (unpaired) electrons. The molecule has 2 aromatic carbocycles. The Balaban J connectivity index is 1.75. The first kappa shape index (κ1) is 22.2. The van der Waals surface area contributed by atoms with E-state index in [-0.39, 0.29) is 24.3 Å². The van der Waals surface area contributed by atoms with E-state index in [9.17, 15) is 24.0 Å². The number of carbonyl (C=O) groups is 5. The molecule has 0 saturated carbocycles. The van der Waals surface area contributed by atoms with E-state index in [4.69, 9.17) is 11.6 Å². The minimum absolute atomic E-state index is 0.0455. The van der Waals surface area contributed by atoms with E-state index in [1.54, 1.807) is 43.3 Å². The molecule has 2 aromatic rings. The third-order valence-corrected chi connectivity index (χ3v) is 5.29. The highest BCUT2D eigenvalue weighted by Crippen LogP contribution is 2.20. The summed E-state index contributed by atoms with van der Waals surface area (Å²) >= 11 is 5.75. The smallest absolute Gasteiger partial charge is 0.261 e. The molecule has 0 spiro atoms. The molecule has 160 valence electrons. The van der Waals surface area contributed by atoms with Crippen molar-refractivity contribution in [2.24, 2.45) is 0 Å². The summed E-state index contributed by atoms with van der Waals surface area (Å²) in [5.74, 6) is -1.74. The first-order chi connectivity index (χ1) is 14.8. The van der Waals surface area contributed by atoms with Crippen molar-refractivity contribution in [2.45, 2.75) is 31.7 Å². The zero-order valence-electron chi connectivity index (χ0n) is 16.7. The maximum absolute atomic E-state index is 12.9. The molecule has 1 aliphatic rings. The number of hydrogen-bond acceptors (Lipinski definition) is 5. The van der Waals surface area contributed by atoms with Crippen LogP contribution in [0.5, 0.6) is 0 Å². The molecule has 9 heteroatoms. The number of carbonyl (C=O) groups excluding carboxylic acids is 5. The number of imide groups is 2. The average molecular weight is 442 g/mol. The second-order valence-electron chi connectivity index (χ2n) is 7.10. The molecular formula is C22H20ClN3O5. The van der Waals surface area contributed by atoms with Crippen molar-refractivity contribution >= 4 is 47.3 Å². The monoisotopic (exact) mass is 441 g/mol. The topological polar surface area (TPSA) is 113 Å². The fraction of sp³-hybridized carbons (Fsp3) is 0.227. The van der Waals surface area contributed by atoms with E-state index >= 15 is 0 Å². The van der Waals surface area contributed by atoms with Gasteiger partial charge in [-0.2, -0.15) is 0 Å². The van der Waals surface area contributed by atoms with Crippen LogP contribution in [0.4, 0.5) is 5.69 Å². The van der Waals surface area contributed by atoms with Crippen LogP contribution in [0.3, 0.4) is 0 Å². The van der Waals surface area contributed by atoms with Gasteiger partial charge in [-0.15, -0.1) is 11.6 Å². The van der Waals surface area contributed by atoms with Crippen LogP contribution in [-0.2, 0) is 20.3 Å². The normalized spacial score (nSPS) is 15.7. The van der Waals surface area contributed by atoms with Crippen molar-refractivity contribution in [3.63, 3.8) is 0 Å². The highest BCUT2D eigenvalue weighted by molar-refractivity contribution is 6.17. The minimum Gasteiger partial charge on any atom is -0.322 e. The summed E-state index contributed by atoms with van der Waals surface area (Å²) in [5, 5.41) is 4.89. The van der Waals surface area contributed by atoms with Crippen LogP contribution in [0.1, 0.15) is 44.7 Å². The number of halogens is 1. The van der Waals surface area contributed by atoms with Gasteiger partial charge in [0.2, 0.25) is 18.2 Å². The summed E-state index contributed by atoms with van der Waals surface area (Å²) in [7, 11) is 0. The van der Waals surface area contributed by atoms with Crippen molar-refractivity contribution in [1.82, 2.24) is 10.2 Å². The van der Waals surface area contributed by atoms with E-state index in [1.165, 1.54) is 6.07 Å². The zero-order chi connectivity index (χ0) is 22.5. The Hall–Kier alpha value is -3.52. The molecule has 8 nitrogen and oxygen atoms in total. The number of hydrogen-bond donors (Lipinski definition) is 2. The van der Waals surface area contributed by atoms with Gasteiger partial charge in [-0.1, -0.05) is 12.1 Å². The third-order valence-electron chi connectivity index (χ3n) is 4.98. The van der Waals surface area contributed by atoms with Crippen LogP contribution in [0.25, 0.3) is 0 Å². The molecule has 1 atom stereocenters. The van der Waals surface area contributed by atoms with Crippen molar-refractivity contribution in [3.05, 3.63) is 64.7 Å². The quantitative estimate of drug-likeness (QED) is 0.406. The van der Waals surface area contributed by atoms with E-state index < -0.39 is 23.8 Å². The van der Waals surface area contributed by atoms with Gasteiger partial charge in [-0.25, -0.2) is 0 Å². The van der Waals surface area contributed by atoms with Gasteiger partial charge in [0.05, 0.1) is 0 Å². The number of alkyl halides is 1. The maximum atomic E-state index is 12.9. The van der Waals surface area contributed by atoms with Crippen LogP contribution in [0, 0.1) is 6.92 Å². The molecule has 3 rings (SSSR count). The molecule has 1 fully saturated rings. The number of benzene rings is 2. The first-order valence-electron chi connectivity index (χ1n) is 9.52. The van der Waals surface area contributed by atoms with Gasteiger partial charge in [-0.3, -0.25) is 34.2 Å². The van der Waals surface area contributed by atoms with Crippen molar-refractivity contribution in [3.8, 4) is 0 Å². The number of anilines is 1. The summed E-state index contributed by atoms with van der Waals surface area (Å²) in [5.41, 5.74) is 2.55. The maximum Gasteiger partial charge on any atom is 0.261 e. The lowest BCUT2D eigenvalue weighted by molar-refractivity contribution is -0.139. The lowest BCUT2D eigenvalue weighted by atomic mass is 10.0. The minimum atomic E-state index is -1.04. The van der Waals surface area contributed by atoms with E-state index in [0.717, 1.165) is 10.5 Å². The molecule has 0 aromatic heterocycles. The molecular weight excluding hydrogens is 422 g/mol. The first-order valence-corrected chi connectivity index (χ1v) is 10.1. The predicted molar refractivity (Wildman–Crippen MR) is 114 cm³/mol. The number of nitrogens with zero attached hydrogens (tertiary/aromatic N) is 1. The van der Waals surface area contributed by atoms with Crippen molar-refractivity contribution in [1.29, 1.82) is 0 Å². The fourth-order valence-corrected chi connectivity index (χ4v) is 3.46. The number of nitrogens with one attached hydrogen (secondary N) is 2. The summed E-state index contributed by atoms with van der Waals surface area (Å²) in [6.07, 6.45) is 0.413. The van der Waals surface area contributed by atoms with Gasteiger partial charge in [0, 0.05) is 29.1 Å². The average Bonchev–Trinajstić information content (AvgIpc) is 2.75. The Morgan fingerprint density at radius 2 is 1.90 bits per heavy atom. The van der Waals surface area contributed by atoms with Crippen LogP contribution in [0.15, 0.2) is 42.5 Å². The molecule has 1 unspecified atom stereocenters. The second kappa shape index (κ2) is 9.53. The number of rotatable bonds is 6. The van der Waals surface area contributed by atoms with E-state index in [1.807, 2.05) is 0 Å². The second-order valence-corrected chi connectivity index (χ2v) is 7.37. The summed E-state index contributed by atoms with van der Waals surface area (Å²) < 4.78 is 0. The fourth-order valence-electron chi connectivity index (χ4n) is 3.28. The number of amides is 5. The van der Waals surface area contributed by atoms with Gasteiger partial charge >= 0.3 is 0 Å². The van der Waals surface area contributed by atoms with E-state index in [0.29, 0.717) is 29.1 Å². The van der Waals surface area contributed by atoms with Crippen LogP contribution >= 0.6 is 11.6 Å². The molecule has 1 aliphatic heterocycles. The molecule has 2 N–H and O–H groups in total. The zero-order valence-corrected chi connectivity index (χ0v) is 17.4. The van der Waals surface area contributed by atoms with Gasteiger partial charge < -0.3 is 5.32 Å². The van der Waals surface area contributed by atoms with Crippen LogP contribution in [-0.4, -0.2) is 41.0 Å². The van der Waals surface area contributed by atoms with Crippen LogP contribution < -0.4 is 10.6 Å². The predicted octanol–water partition coefficient (Wildman–Crippen LogP) is 2.39. The standard InChI is InChI=1S/C22H20ClN3O5/c1-13-10-16(24-20(29)15-4-2-14(11-23)3-5-15)6-7-17(13)22(31)26(12-27)18-8-9-19(28)25-21(18)30/h2-7,10,12,18H,8-9,11H2,1H3,(H,24,29)(H,25,28,30). The molecule has 31 heavy (non-hydrogen) atoms. The lowest BCUT2D eigenvalue weighted by Gasteiger charge is -2.28. The van der Waals surface area contributed by atoms with Gasteiger partial charge in [0.15, 0.2) is 0 Å². The Bertz CT molecular complexity index is 1050. The highest BCUT2D eigenvalue weighted by atomic mass is 35.5. The molecule has 5 amide bonds. The van der Waals surface area contributed by atoms with Crippen molar-refractivity contribution in [2.75, 3.05) is 5.32 Å². The summed E-state index contributed by atoms with van der Waals surface area (Å²) in [6, 6.07) is 10.4. The lowest BCUT2D eigenvalue weighted by Crippen LogP contribution is -2.53. The largest absolute Gasteiger partial charge is 0.322 e. The molecule has 0 aliphatic carbocycles. The summed E-state index contributed by atoms with van der Waals surface area (Å²) in [4.78, 5) is 61.0. The number of aryl methyl sites for hydroxylation is 1. The van der Waals surface area contributed by atoms with Crippen molar-refractivity contribution < 1.29 is 24.0 Å². The summed E-state index contributed by atoms with van der Waals surface area (Å²) in [6.45, 7) is 1.66. The Morgan fingerprint density at radius 1 is 1.19 bits per heavy atom.